The first-order valence-corrected chi connectivity index (χ1v) is 8.14. The van der Waals surface area contributed by atoms with Crippen molar-refractivity contribution in [3.05, 3.63) is 16.3 Å². The van der Waals surface area contributed by atoms with Gasteiger partial charge in [0.1, 0.15) is 4.88 Å². The highest BCUT2D eigenvalue weighted by Gasteiger charge is 2.33. The Hall–Kier alpha value is -0.960. The first-order chi connectivity index (χ1) is 8.82. The van der Waals surface area contributed by atoms with Gasteiger partial charge in [-0.2, -0.15) is 4.31 Å². The molecule has 8 heteroatoms. The fourth-order valence-electron chi connectivity index (χ4n) is 1.95. The molecule has 2 atom stereocenters. The van der Waals surface area contributed by atoms with Gasteiger partial charge in [-0.25, -0.2) is 13.2 Å². The normalized spacial score (nSPS) is 25.4. The van der Waals surface area contributed by atoms with Crippen LogP contribution in [-0.2, 0) is 10.0 Å². The molecule has 0 spiro atoms. The molecule has 1 fully saturated rings. The lowest BCUT2D eigenvalue weighted by molar-refractivity contribution is 0.0605. The van der Waals surface area contributed by atoms with Crippen molar-refractivity contribution < 1.29 is 23.4 Å². The Bertz CT molecular complexity index is 580. The highest BCUT2D eigenvalue weighted by molar-refractivity contribution is 7.89. The molecule has 1 aliphatic rings. The first-order valence-electron chi connectivity index (χ1n) is 5.82. The number of hydrogen-bond donors (Lipinski definition) is 2. The number of carboxylic acids is 1. The van der Waals surface area contributed by atoms with Crippen LogP contribution in [0.1, 0.15) is 23.0 Å². The van der Waals surface area contributed by atoms with Crippen molar-refractivity contribution in [2.45, 2.75) is 24.3 Å². The molecule has 0 aromatic carbocycles. The van der Waals surface area contributed by atoms with E-state index < -0.39 is 22.1 Å². The molecule has 0 amide bonds. The highest BCUT2D eigenvalue weighted by atomic mass is 32.2. The van der Waals surface area contributed by atoms with Crippen LogP contribution in [0.15, 0.2) is 16.3 Å². The predicted octanol–water partition coefficient (Wildman–Crippen LogP) is 0.838. The second kappa shape index (κ2) is 5.20. The average Bonchev–Trinajstić information content (AvgIpc) is 2.82. The van der Waals surface area contributed by atoms with E-state index in [2.05, 4.69) is 0 Å². The van der Waals surface area contributed by atoms with Gasteiger partial charge in [-0.1, -0.05) is 6.92 Å². The number of aromatic carboxylic acids is 1. The third-order valence-electron chi connectivity index (χ3n) is 3.31. The van der Waals surface area contributed by atoms with E-state index >= 15 is 0 Å². The molecular formula is C11H15NO5S2. The third-order valence-corrected chi connectivity index (χ3v) is 6.22. The van der Waals surface area contributed by atoms with E-state index in [9.17, 15) is 18.3 Å². The van der Waals surface area contributed by atoms with Crippen molar-refractivity contribution in [3.63, 3.8) is 0 Å². The molecule has 1 aromatic heterocycles. The summed E-state index contributed by atoms with van der Waals surface area (Å²) < 4.78 is 25.8. The second-order valence-electron chi connectivity index (χ2n) is 4.65. The molecule has 0 saturated carbocycles. The predicted molar refractivity (Wildman–Crippen MR) is 69.8 cm³/mol. The smallest absolute Gasteiger partial charge is 0.345 e. The standard InChI is InChI=1S/C11H15NO5S2/c1-7-2-3-12(5-9(7)13)19(16,17)8-4-10(11(14)15)18-6-8/h4,6-7,9,13H,2-3,5H2,1H3,(H,14,15). The maximum absolute atomic E-state index is 12.3. The summed E-state index contributed by atoms with van der Waals surface area (Å²) in [5.41, 5.74) is 0. The zero-order valence-electron chi connectivity index (χ0n) is 10.3. The molecular weight excluding hydrogens is 290 g/mol. The van der Waals surface area contributed by atoms with Crippen LogP contribution >= 0.6 is 11.3 Å². The van der Waals surface area contributed by atoms with Crippen molar-refractivity contribution in [1.82, 2.24) is 4.31 Å². The SMILES string of the molecule is CC1CCN(S(=O)(=O)c2csc(C(=O)O)c2)CC1O. The van der Waals surface area contributed by atoms with Crippen molar-refractivity contribution in [2.75, 3.05) is 13.1 Å². The summed E-state index contributed by atoms with van der Waals surface area (Å²) in [6, 6.07) is 1.16. The van der Waals surface area contributed by atoms with Gasteiger partial charge < -0.3 is 10.2 Å². The van der Waals surface area contributed by atoms with E-state index in [1.165, 1.54) is 9.69 Å². The van der Waals surface area contributed by atoms with Crippen LogP contribution in [0.5, 0.6) is 0 Å². The molecule has 2 rings (SSSR count). The molecule has 2 N–H and O–H groups in total. The Morgan fingerprint density at radius 1 is 1.53 bits per heavy atom. The van der Waals surface area contributed by atoms with E-state index in [1.54, 1.807) is 0 Å². The van der Waals surface area contributed by atoms with Gasteiger partial charge in [-0.05, 0) is 18.4 Å². The number of hydrogen-bond acceptors (Lipinski definition) is 5. The van der Waals surface area contributed by atoms with Gasteiger partial charge in [-0.15, -0.1) is 11.3 Å². The minimum Gasteiger partial charge on any atom is -0.477 e. The number of nitrogens with zero attached hydrogens (tertiary/aromatic N) is 1. The Balaban J connectivity index is 2.24. The van der Waals surface area contributed by atoms with Crippen LogP contribution < -0.4 is 0 Å². The van der Waals surface area contributed by atoms with Gasteiger partial charge in [-0.3, -0.25) is 0 Å². The molecule has 0 radical (unpaired) electrons. The summed E-state index contributed by atoms with van der Waals surface area (Å²) in [6.45, 7) is 2.28. The van der Waals surface area contributed by atoms with E-state index in [1.807, 2.05) is 6.92 Å². The summed E-state index contributed by atoms with van der Waals surface area (Å²) in [5.74, 6) is -1.07. The number of carboxylic acid groups (broad SMARTS) is 1. The number of sulfonamides is 1. The summed E-state index contributed by atoms with van der Waals surface area (Å²) in [4.78, 5) is 10.7. The molecule has 6 nitrogen and oxygen atoms in total. The Morgan fingerprint density at radius 3 is 2.74 bits per heavy atom. The summed E-state index contributed by atoms with van der Waals surface area (Å²) in [5, 5.41) is 19.9. The number of piperidine rings is 1. The lowest BCUT2D eigenvalue weighted by atomic mass is 9.98. The van der Waals surface area contributed by atoms with Gasteiger partial charge in [0.15, 0.2) is 0 Å². The number of thiophene rings is 1. The Morgan fingerprint density at radius 2 is 2.21 bits per heavy atom. The lowest BCUT2D eigenvalue weighted by Crippen LogP contribution is -2.45. The topological polar surface area (TPSA) is 94.9 Å². The van der Waals surface area contributed by atoms with E-state index in [0.717, 1.165) is 17.4 Å². The molecule has 2 unspecified atom stereocenters. The van der Waals surface area contributed by atoms with Gasteiger partial charge in [0, 0.05) is 18.5 Å². The summed E-state index contributed by atoms with van der Waals surface area (Å²) >= 11 is 0.882. The summed E-state index contributed by atoms with van der Waals surface area (Å²) in [6.07, 6.45) is -0.0860. The first kappa shape index (κ1) is 14.4. The number of β-amino-alcohol motifs (C(OH)–C–C–N with tert-alkyl or cyclic N) is 1. The molecule has 106 valence electrons. The molecule has 1 aliphatic heterocycles. The van der Waals surface area contributed by atoms with Crippen molar-refractivity contribution in [1.29, 1.82) is 0 Å². The third kappa shape index (κ3) is 2.81. The molecule has 0 aliphatic carbocycles. The zero-order chi connectivity index (χ0) is 14.2. The number of aliphatic hydroxyl groups is 1. The van der Waals surface area contributed by atoms with Crippen LogP contribution in [0.2, 0.25) is 0 Å². The van der Waals surface area contributed by atoms with E-state index in [4.69, 9.17) is 5.11 Å². The summed E-state index contributed by atoms with van der Waals surface area (Å²) in [7, 11) is -3.71. The fraction of sp³-hybridized carbons (Fsp3) is 0.545. The van der Waals surface area contributed by atoms with Crippen molar-refractivity contribution >= 4 is 27.3 Å². The maximum Gasteiger partial charge on any atom is 0.345 e. The van der Waals surface area contributed by atoms with Crippen molar-refractivity contribution in [3.8, 4) is 0 Å². The highest BCUT2D eigenvalue weighted by Crippen LogP contribution is 2.26. The second-order valence-corrected chi connectivity index (χ2v) is 7.50. The van der Waals surface area contributed by atoms with Gasteiger partial charge >= 0.3 is 5.97 Å². The Labute approximate surface area is 115 Å². The minimum atomic E-state index is -3.71. The number of carbonyl (C=O) groups is 1. The quantitative estimate of drug-likeness (QED) is 0.863. The Kier molecular flexibility index (Phi) is 3.95. The van der Waals surface area contributed by atoms with Crippen LogP contribution in [0.3, 0.4) is 0 Å². The molecule has 19 heavy (non-hydrogen) atoms. The fourth-order valence-corrected chi connectivity index (χ4v) is 4.53. The van der Waals surface area contributed by atoms with E-state index in [0.29, 0.717) is 13.0 Å². The molecule has 2 heterocycles. The number of rotatable bonds is 3. The van der Waals surface area contributed by atoms with Crippen LogP contribution in [0.4, 0.5) is 0 Å². The van der Waals surface area contributed by atoms with E-state index in [-0.39, 0.29) is 22.2 Å². The van der Waals surface area contributed by atoms with Crippen LogP contribution in [0.25, 0.3) is 0 Å². The van der Waals surface area contributed by atoms with Crippen LogP contribution in [0, 0.1) is 5.92 Å². The number of aliphatic hydroxyl groups excluding tert-OH is 1. The largest absolute Gasteiger partial charge is 0.477 e. The van der Waals surface area contributed by atoms with Crippen LogP contribution in [-0.4, -0.2) is 48.1 Å². The van der Waals surface area contributed by atoms with Crippen molar-refractivity contribution in [2.24, 2.45) is 5.92 Å². The zero-order valence-corrected chi connectivity index (χ0v) is 11.9. The molecule has 1 aromatic rings. The minimum absolute atomic E-state index is 0.00972. The van der Waals surface area contributed by atoms with Gasteiger partial charge in [0.2, 0.25) is 10.0 Å². The molecule has 0 bridgehead atoms. The van der Waals surface area contributed by atoms with Gasteiger partial charge in [0.05, 0.1) is 11.0 Å². The van der Waals surface area contributed by atoms with Gasteiger partial charge in [0.25, 0.3) is 0 Å². The molecule has 1 saturated heterocycles. The average molecular weight is 305 g/mol. The maximum atomic E-state index is 12.3. The lowest BCUT2D eigenvalue weighted by Gasteiger charge is -2.33. The monoisotopic (exact) mass is 305 g/mol.